The number of piperazine rings is 1. The second-order valence-electron chi connectivity index (χ2n) is 9.04. The van der Waals surface area contributed by atoms with E-state index in [4.69, 9.17) is 15.7 Å². The van der Waals surface area contributed by atoms with Crippen molar-refractivity contribution in [3.8, 4) is 0 Å². The van der Waals surface area contributed by atoms with Gasteiger partial charge in [-0.15, -0.1) is 0 Å². The zero-order valence-electron chi connectivity index (χ0n) is 21.2. The summed E-state index contributed by atoms with van der Waals surface area (Å²) >= 11 is 0. The molecule has 1 saturated heterocycles. The van der Waals surface area contributed by atoms with Crippen molar-refractivity contribution in [1.82, 2.24) is 25.0 Å². The average Bonchev–Trinajstić information content (AvgIpc) is 3.23. The summed E-state index contributed by atoms with van der Waals surface area (Å²) < 4.78 is 21.7. The molecule has 4 heterocycles. The third-order valence-electron chi connectivity index (χ3n) is 6.04. The number of aromatic nitrogens is 3. The van der Waals surface area contributed by atoms with E-state index in [1.807, 2.05) is 40.5 Å². The zero-order valence-corrected chi connectivity index (χ0v) is 21.2. The van der Waals surface area contributed by atoms with Gasteiger partial charge in [0, 0.05) is 50.8 Å². The summed E-state index contributed by atoms with van der Waals surface area (Å²) in [4.78, 5) is 24.2. The maximum atomic E-state index is 15.2. The Morgan fingerprint density at radius 1 is 1.19 bits per heavy atom. The number of anilines is 1. The molecule has 5 rings (SSSR count). The molecular formula is C26H34FN7O2. The van der Waals surface area contributed by atoms with Crippen molar-refractivity contribution in [2.24, 2.45) is 5.73 Å². The molecule has 1 aliphatic rings. The smallest absolute Gasteiger partial charge is 0.255 e. The largest absolute Gasteiger partial charge is 0.383 e. The van der Waals surface area contributed by atoms with Gasteiger partial charge in [0.2, 0.25) is 0 Å². The Balaban J connectivity index is 0.000000556. The first-order chi connectivity index (χ1) is 17.4. The molecular weight excluding hydrogens is 461 g/mol. The number of amides is 1. The number of carbonyl (C=O) groups excluding carboxylic acids is 1. The normalized spacial score (nSPS) is 17.9. The lowest BCUT2D eigenvalue weighted by Gasteiger charge is -2.37. The van der Waals surface area contributed by atoms with Gasteiger partial charge in [-0.25, -0.2) is 14.4 Å². The first-order valence-corrected chi connectivity index (χ1v) is 12.3. The van der Waals surface area contributed by atoms with Gasteiger partial charge < -0.3 is 26.0 Å². The Labute approximate surface area is 209 Å². The molecule has 0 aliphatic carbocycles. The van der Waals surface area contributed by atoms with Gasteiger partial charge in [0.05, 0.1) is 23.2 Å². The molecule has 0 bridgehead atoms. The third kappa shape index (κ3) is 5.11. The van der Waals surface area contributed by atoms with Crippen LogP contribution in [-0.4, -0.2) is 72.3 Å². The summed E-state index contributed by atoms with van der Waals surface area (Å²) in [5.41, 5.74) is 8.13. The van der Waals surface area contributed by atoms with Crippen molar-refractivity contribution >= 4 is 39.4 Å². The maximum Gasteiger partial charge on any atom is 0.255 e. The third-order valence-corrected chi connectivity index (χ3v) is 6.04. The van der Waals surface area contributed by atoms with Gasteiger partial charge in [0.15, 0.2) is 17.3 Å². The number of nitrogens with zero attached hydrogens (tertiary/aromatic N) is 4. The van der Waals surface area contributed by atoms with Gasteiger partial charge in [0.1, 0.15) is 5.65 Å². The van der Waals surface area contributed by atoms with E-state index >= 15 is 4.39 Å². The van der Waals surface area contributed by atoms with Gasteiger partial charge in [-0.2, -0.15) is 0 Å². The number of methoxy groups -OCH3 is 1. The fourth-order valence-corrected chi connectivity index (χ4v) is 4.67. The summed E-state index contributed by atoms with van der Waals surface area (Å²) in [5, 5.41) is 6.86. The van der Waals surface area contributed by atoms with Gasteiger partial charge in [0.25, 0.3) is 5.91 Å². The number of hydrogen-bond acceptors (Lipinski definition) is 7. The molecule has 1 amide bonds. The molecule has 2 unspecified atom stereocenters. The number of nitrogens with two attached hydrogens (primary N) is 1. The number of imidazole rings is 1. The van der Waals surface area contributed by atoms with Crippen molar-refractivity contribution < 1.29 is 13.9 Å². The molecule has 0 saturated carbocycles. The van der Waals surface area contributed by atoms with Crippen LogP contribution in [0.1, 0.15) is 31.1 Å². The highest BCUT2D eigenvalue weighted by Gasteiger charge is 2.26. The standard InChI is InChI=1S/C23H25FN6O.C3H9NO/c1-4-25-23(31)16-9-15-10-17(24)22(29-11-13(2)26-14(3)12-29)28-20(15)30-19-8-6-5-7-18(19)27-21(16)30;1-5-3-2-4/h5-10,13-14,26H,4,11-12H2,1-3H3,(H,25,31);2-4H2,1H3. The number of fused-ring (bicyclic) bond motifs is 5. The Kier molecular flexibility index (Phi) is 7.97. The van der Waals surface area contributed by atoms with Gasteiger partial charge in [-0.1, -0.05) is 12.1 Å². The van der Waals surface area contributed by atoms with E-state index in [-0.39, 0.29) is 23.8 Å². The van der Waals surface area contributed by atoms with Crippen LogP contribution in [-0.2, 0) is 4.74 Å². The molecule has 0 radical (unpaired) electrons. The number of benzene rings is 1. The summed E-state index contributed by atoms with van der Waals surface area (Å²) in [6.07, 6.45) is 0. The maximum absolute atomic E-state index is 15.2. The summed E-state index contributed by atoms with van der Waals surface area (Å²) in [7, 11) is 1.63. The highest BCUT2D eigenvalue weighted by atomic mass is 19.1. The monoisotopic (exact) mass is 495 g/mol. The fourth-order valence-electron chi connectivity index (χ4n) is 4.67. The molecule has 3 aromatic heterocycles. The molecule has 1 aliphatic heterocycles. The van der Waals surface area contributed by atoms with Crippen LogP contribution in [0.3, 0.4) is 0 Å². The van der Waals surface area contributed by atoms with E-state index in [9.17, 15) is 4.79 Å². The van der Waals surface area contributed by atoms with Crippen LogP contribution in [0.25, 0.3) is 27.7 Å². The Hall–Kier alpha value is -3.34. The van der Waals surface area contributed by atoms with Crippen molar-refractivity contribution in [2.45, 2.75) is 32.9 Å². The Bertz CT molecular complexity index is 1360. The molecule has 36 heavy (non-hydrogen) atoms. The van der Waals surface area contributed by atoms with Crippen molar-refractivity contribution in [3.05, 3.63) is 47.8 Å². The minimum Gasteiger partial charge on any atom is -0.383 e. The zero-order chi connectivity index (χ0) is 25.8. The molecule has 10 heteroatoms. The molecule has 1 fully saturated rings. The quantitative estimate of drug-likeness (QED) is 0.391. The van der Waals surface area contributed by atoms with Crippen LogP contribution < -0.4 is 21.3 Å². The minimum atomic E-state index is -0.389. The summed E-state index contributed by atoms with van der Waals surface area (Å²) in [6, 6.07) is 11.3. The van der Waals surface area contributed by atoms with Crippen LogP contribution in [0.15, 0.2) is 36.4 Å². The van der Waals surface area contributed by atoms with E-state index in [1.165, 1.54) is 6.07 Å². The number of ether oxygens (including phenoxy) is 1. The molecule has 2 atom stereocenters. The highest BCUT2D eigenvalue weighted by molar-refractivity contribution is 6.05. The van der Waals surface area contributed by atoms with E-state index in [1.54, 1.807) is 13.2 Å². The minimum absolute atomic E-state index is 0.231. The molecule has 9 nitrogen and oxygen atoms in total. The first kappa shape index (κ1) is 25.7. The lowest BCUT2D eigenvalue weighted by atomic mass is 10.1. The first-order valence-electron chi connectivity index (χ1n) is 12.3. The van der Waals surface area contributed by atoms with E-state index in [0.717, 1.165) is 11.0 Å². The van der Waals surface area contributed by atoms with Crippen LogP contribution in [0, 0.1) is 5.82 Å². The van der Waals surface area contributed by atoms with E-state index < -0.39 is 0 Å². The highest BCUT2D eigenvalue weighted by Crippen LogP contribution is 2.29. The molecule has 1 aromatic carbocycles. The summed E-state index contributed by atoms with van der Waals surface area (Å²) in [5.74, 6) is -0.295. The molecule has 0 spiro atoms. The number of nitrogens with one attached hydrogen (secondary N) is 2. The second-order valence-corrected chi connectivity index (χ2v) is 9.04. The predicted molar refractivity (Wildman–Crippen MR) is 141 cm³/mol. The molecule has 4 aromatic rings. The molecule has 4 N–H and O–H groups in total. The Morgan fingerprint density at radius 2 is 1.92 bits per heavy atom. The lowest BCUT2D eigenvalue weighted by Crippen LogP contribution is -2.54. The van der Waals surface area contributed by atoms with Crippen LogP contribution >= 0.6 is 0 Å². The number of hydrogen-bond donors (Lipinski definition) is 3. The lowest BCUT2D eigenvalue weighted by molar-refractivity contribution is 0.0957. The van der Waals surface area contributed by atoms with Crippen molar-refractivity contribution in [2.75, 3.05) is 44.8 Å². The SMILES string of the molecule is CCNC(=O)c1cc2cc(F)c(N3CC(C)NC(C)C3)nc2n2c1nc1ccccc12.COCCN. The number of rotatable bonds is 5. The van der Waals surface area contributed by atoms with Gasteiger partial charge >= 0.3 is 0 Å². The topological polar surface area (TPSA) is 110 Å². The van der Waals surface area contributed by atoms with Crippen LogP contribution in [0.2, 0.25) is 0 Å². The van der Waals surface area contributed by atoms with Crippen LogP contribution in [0.4, 0.5) is 10.2 Å². The Morgan fingerprint density at radius 3 is 2.56 bits per heavy atom. The number of halogens is 1. The van der Waals surface area contributed by atoms with Crippen molar-refractivity contribution in [3.63, 3.8) is 0 Å². The van der Waals surface area contributed by atoms with E-state index in [0.29, 0.717) is 60.8 Å². The van der Waals surface area contributed by atoms with Gasteiger partial charge in [-0.05, 0) is 45.0 Å². The number of para-hydroxylation sites is 2. The molecule has 192 valence electrons. The average molecular weight is 496 g/mol. The van der Waals surface area contributed by atoms with Gasteiger partial charge in [-0.3, -0.25) is 9.20 Å². The van der Waals surface area contributed by atoms with E-state index in [2.05, 4.69) is 29.2 Å². The van der Waals surface area contributed by atoms with Crippen LogP contribution in [0.5, 0.6) is 0 Å². The van der Waals surface area contributed by atoms with Crippen molar-refractivity contribution in [1.29, 1.82) is 0 Å². The number of carbonyl (C=O) groups is 1. The predicted octanol–water partition coefficient (Wildman–Crippen LogP) is 2.70. The number of pyridine rings is 2. The second kappa shape index (κ2) is 11.2. The summed E-state index contributed by atoms with van der Waals surface area (Å²) in [6.45, 7) is 9.16. The fraction of sp³-hybridized carbons (Fsp3) is 0.423.